The zero-order chi connectivity index (χ0) is 19.1. The molecule has 136 valence electrons. The molecule has 0 aliphatic rings. The SMILES string of the molecule is Cc1ncn(-c2nc(N)nc3c2cnn3Cc2ccc([N+](=O)[O-])cc2F)n1. The van der Waals surface area contributed by atoms with E-state index >= 15 is 0 Å². The van der Waals surface area contributed by atoms with Crippen LogP contribution in [-0.2, 0) is 6.54 Å². The molecule has 11 nitrogen and oxygen atoms in total. The fourth-order valence-corrected chi connectivity index (χ4v) is 2.63. The van der Waals surface area contributed by atoms with Gasteiger partial charge in [-0.1, -0.05) is 0 Å². The van der Waals surface area contributed by atoms with Gasteiger partial charge in [-0.25, -0.2) is 18.7 Å². The van der Waals surface area contributed by atoms with Crippen LogP contribution in [0.25, 0.3) is 16.9 Å². The van der Waals surface area contributed by atoms with Crippen LogP contribution in [0.2, 0.25) is 0 Å². The Morgan fingerprint density at radius 2 is 2.15 bits per heavy atom. The zero-order valence-corrected chi connectivity index (χ0v) is 13.9. The number of nitro benzene ring substituents is 1. The average Bonchev–Trinajstić information content (AvgIpc) is 3.22. The molecule has 0 saturated carbocycles. The molecule has 0 fully saturated rings. The van der Waals surface area contributed by atoms with E-state index in [4.69, 9.17) is 5.73 Å². The molecule has 0 bridgehead atoms. The molecule has 0 amide bonds. The van der Waals surface area contributed by atoms with Crippen LogP contribution >= 0.6 is 0 Å². The summed E-state index contributed by atoms with van der Waals surface area (Å²) in [6, 6.07) is 3.44. The van der Waals surface area contributed by atoms with Gasteiger partial charge in [0.05, 0.1) is 29.1 Å². The highest BCUT2D eigenvalue weighted by Crippen LogP contribution is 2.22. The van der Waals surface area contributed by atoms with Gasteiger partial charge in [-0.05, 0) is 13.0 Å². The number of halogens is 1. The standard InChI is InChI=1S/C15H12FN9O2/c1-8-18-7-24(22-8)14-11-5-19-23(13(11)20-15(17)21-14)6-9-2-3-10(25(26)27)4-12(9)16/h2-5,7H,6H2,1H3,(H2,17,20,21). The second-order valence-electron chi connectivity index (χ2n) is 5.71. The molecule has 1 aromatic carbocycles. The molecule has 27 heavy (non-hydrogen) atoms. The monoisotopic (exact) mass is 369 g/mol. The Morgan fingerprint density at radius 3 is 2.81 bits per heavy atom. The van der Waals surface area contributed by atoms with E-state index in [1.165, 1.54) is 34.0 Å². The first-order valence-corrected chi connectivity index (χ1v) is 7.73. The van der Waals surface area contributed by atoms with E-state index in [2.05, 4.69) is 25.1 Å². The zero-order valence-electron chi connectivity index (χ0n) is 13.9. The molecule has 0 atom stereocenters. The van der Waals surface area contributed by atoms with Gasteiger partial charge >= 0.3 is 0 Å². The van der Waals surface area contributed by atoms with Crippen LogP contribution in [0.15, 0.2) is 30.7 Å². The maximum absolute atomic E-state index is 14.2. The highest BCUT2D eigenvalue weighted by Gasteiger charge is 2.17. The predicted molar refractivity (Wildman–Crippen MR) is 91.5 cm³/mol. The Labute approximate surface area is 150 Å². The molecule has 12 heteroatoms. The second kappa shape index (κ2) is 6.09. The quantitative estimate of drug-likeness (QED) is 0.420. The summed E-state index contributed by atoms with van der Waals surface area (Å²) >= 11 is 0. The van der Waals surface area contributed by atoms with Gasteiger partial charge in [-0.3, -0.25) is 10.1 Å². The third-order valence-corrected chi connectivity index (χ3v) is 3.88. The Hall–Kier alpha value is -3.96. The number of aryl methyl sites for hydroxylation is 1. The minimum Gasteiger partial charge on any atom is -0.368 e. The van der Waals surface area contributed by atoms with Crippen LogP contribution in [0.1, 0.15) is 11.4 Å². The number of fused-ring (bicyclic) bond motifs is 1. The van der Waals surface area contributed by atoms with E-state index in [-0.39, 0.29) is 23.7 Å². The van der Waals surface area contributed by atoms with Gasteiger partial charge in [0.2, 0.25) is 5.95 Å². The summed E-state index contributed by atoms with van der Waals surface area (Å²) in [7, 11) is 0. The van der Waals surface area contributed by atoms with Crippen molar-refractivity contribution in [2.75, 3.05) is 5.73 Å². The molecule has 4 aromatic rings. The number of benzene rings is 1. The number of nitrogen functional groups attached to an aromatic ring is 1. The number of nitro groups is 1. The molecule has 3 heterocycles. The lowest BCUT2D eigenvalue weighted by Crippen LogP contribution is -2.08. The Morgan fingerprint density at radius 1 is 1.33 bits per heavy atom. The smallest absolute Gasteiger partial charge is 0.272 e. The molecule has 0 spiro atoms. The molecule has 4 rings (SSSR count). The van der Waals surface area contributed by atoms with E-state index in [9.17, 15) is 14.5 Å². The number of hydrogen-bond donors (Lipinski definition) is 1. The summed E-state index contributed by atoms with van der Waals surface area (Å²) in [5, 5.41) is 19.7. The van der Waals surface area contributed by atoms with Crippen molar-refractivity contribution in [2.24, 2.45) is 0 Å². The summed E-state index contributed by atoms with van der Waals surface area (Å²) in [4.78, 5) is 22.5. The highest BCUT2D eigenvalue weighted by atomic mass is 19.1. The van der Waals surface area contributed by atoms with E-state index in [0.29, 0.717) is 22.7 Å². The molecule has 0 unspecified atom stereocenters. The van der Waals surface area contributed by atoms with Crippen molar-refractivity contribution in [3.05, 3.63) is 58.0 Å². The van der Waals surface area contributed by atoms with Crippen LogP contribution in [-0.4, -0.2) is 39.4 Å². The molecule has 3 aromatic heterocycles. The van der Waals surface area contributed by atoms with Gasteiger partial charge in [-0.2, -0.15) is 20.2 Å². The number of aromatic nitrogens is 7. The van der Waals surface area contributed by atoms with Gasteiger partial charge in [0.1, 0.15) is 18.0 Å². The van der Waals surface area contributed by atoms with Gasteiger partial charge in [0, 0.05) is 11.6 Å². The third kappa shape index (κ3) is 2.92. The normalized spacial score (nSPS) is 11.2. The van der Waals surface area contributed by atoms with Crippen molar-refractivity contribution < 1.29 is 9.31 Å². The molecular weight excluding hydrogens is 357 g/mol. The van der Waals surface area contributed by atoms with Crippen LogP contribution in [0.4, 0.5) is 16.0 Å². The van der Waals surface area contributed by atoms with Crippen LogP contribution in [0.3, 0.4) is 0 Å². The van der Waals surface area contributed by atoms with E-state index < -0.39 is 10.7 Å². The molecule has 0 aliphatic carbocycles. The largest absolute Gasteiger partial charge is 0.368 e. The summed E-state index contributed by atoms with van der Waals surface area (Å²) in [5.74, 6) is 0.243. The van der Waals surface area contributed by atoms with E-state index in [0.717, 1.165) is 6.07 Å². The van der Waals surface area contributed by atoms with Crippen molar-refractivity contribution in [3.8, 4) is 5.82 Å². The number of hydrogen-bond acceptors (Lipinski definition) is 8. The van der Waals surface area contributed by atoms with Crippen molar-refractivity contribution >= 4 is 22.7 Å². The van der Waals surface area contributed by atoms with Crippen LogP contribution in [0, 0.1) is 22.9 Å². The van der Waals surface area contributed by atoms with Crippen LogP contribution < -0.4 is 5.73 Å². The second-order valence-corrected chi connectivity index (χ2v) is 5.71. The highest BCUT2D eigenvalue weighted by molar-refractivity contribution is 5.83. The number of rotatable bonds is 4. The Bertz CT molecular complexity index is 1180. The van der Waals surface area contributed by atoms with Crippen molar-refractivity contribution in [1.29, 1.82) is 0 Å². The number of anilines is 1. The van der Waals surface area contributed by atoms with Gasteiger partial charge in [-0.15, -0.1) is 0 Å². The Kier molecular flexibility index (Phi) is 3.72. The summed E-state index contributed by atoms with van der Waals surface area (Å²) in [5.41, 5.74) is 6.08. The topological polar surface area (TPSA) is 143 Å². The van der Waals surface area contributed by atoms with Crippen molar-refractivity contribution in [2.45, 2.75) is 13.5 Å². The summed E-state index contributed by atoms with van der Waals surface area (Å²) in [6.45, 7) is 1.75. The fraction of sp³-hybridized carbons (Fsp3) is 0.133. The third-order valence-electron chi connectivity index (χ3n) is 3.88. The lowest BCUT2D eigenvalue weighted by atomic mass is 10.2. The molecule has 0 aliphatic heterocycles. The van der Waals surface area contributed by atoms with E-state index in [1.54, 1.807) is 6.92 Å². The predicted octanol–water partition coefficient (Wildman–Crippen LogP) is 1.39. The van der Waals surface area contributed by atoms with E-state index in [1.807, 2.05) is 0 Å². The Balaban J connectivity index is 1.78. The van der Waals surface area contributed by atoms with Gasteiger partial charge in [0.25, 0.3) is 5.69 Å². The van der Waals surface area contributed by atoms with Gasteiger partial charge < -0.3 is 5.73 Å². The minimum absolute atomic E-state index is 0.00317. The molecule has 2 N–H and O–H groups in total. The maximum Gasteiger partial charge on any atom is 0.272 e. The first kappa shape index (κ1) is 16.5. The van der Waals surface area contributed by atoms with Crippen LogP contribution in [0.5, 0.6) is 0 Å². The first-order chi connectivity index (χ1) is 12.9. The molecule has 0 radical (unpaired) electrons. The summed E-state index contributed by atoms with van der Waals surface area (Å²) in [6.07, 6.45) is 3.01. The minimum atomic E-state index is -0.706. The molecule has 0 saturated heterocycles. The number of nitrogens with zero attached hydrogens (tertiary/aromatic N) is 8. The average molecular weight is 369 g/mol. The van der Waals surface area contributed by atoms with Crippen molar-refractivity contribution in [3.63, 3.8) is 0 Å². The van der Waals surface area contributed by atoms with Crippen molar-refractivity contribution in [1.82, 2.24) is 34.5 Å². The lowest BCUT2D eigenvalue weighted by Gasteiger charge is -2.06. The lowest BCUT2D eigenvalue weighted by molar-refractivity contribution is -0.385. The first-order valence-electron chi connectivity index (χ1n) is 7.73. The summed E-state index contributed by atoms with van der Waals surface area (Å²) < 4.78 is 17.1. The number of non-ortho nitro benzene ring substituents is 1. The molecular formula is C15H12FN9O2. The fourth-order valence-electron chi connectivity index (χ4n) is 2.63. The maximum atomic E-state index is 14.2. The van der Waals surface area contributed by atoms with Gasteiger partial charge in [0.15, 0.2) is 11.5 Å². The number of nitrogens with two attached hydrogens (primary N) is 1.